The molecule has 0 radical (unpaired) electrons. The minimum absolute atomic E-state index is 0.715. The lowest BCUT2D eigenvalue weighted by molar-refractivity contribution is 1.23. The maximum absolute atomic E-state index is 6.23. The molecule has 0 spiro atoms. The molecule has 2 nitrogen and oxygen atoms in total. The largest absolute Gasteiger partial charge is 0.299 e. The summed E-state index contributed by atoms with van der Waals surface area (Å²) in [7, 11) is 0. The molecule has 6 rings (SSSR count). The van der Waals surface area contributed by atoms with Crippen molar-refractivity contribution in [3.05, 3.63) is 107 Å². The molecular formula is C27H16Cl2N2. The van der Waals surface area contributed by atoms with Gasteiger partial charge in [0.1, 0.15) is 5.65 Å². The molecular weight excluding hydrogens is 423 g/mol. The summed E-state index contributed by atoms with van der Waals surface area (Å²) in [5, 5.41) is 3.72. The first-order chi connectivity index (χ1) is 15.2. The van der Waals surface area contributed by atoms with E-state index in [-0.39, 0.29) is 0 Å². The molecule has 0 atom stereocenters. The summed E-state index contributed by atoms with van der Waals surface area (Å²) in [5.41, 5.74) is 7.49. The van der Waals surface area contributed by atoms with Crippen molar-refractivity contribution in [2.45, 2.75) is 0 Å². The van der Waals surface area contributed by atoms with Crippen LogP contribution in [0, 0.1) is 0 Å². The van der Waals surface area contributed by atoms with Gasteiger partial charge in [0.05, 0.1) is 11.0 Å². The number of imidazole rings is 1. The number of halogens is 2. The molecule has 0 saturated heterocycles. The Morgan fingerprint density at radius 2 is 1.16 bits per heavy atom. The molecule has 4 heteroatoms. The van der Waals surface area contributed by atoms with Crippen molar-refractivity contribution in [3.8, 4) is 22.3 Å². The number of fused-ring (bicyclic) bond motifs is 5. The van der Waals surface area contributed by atoms with E-state index in [9.17, 15) is 0 Å². The molecule has 0 fully saturated rings. The molecule has 31 heavy (non-hydrogen) atoms. The van der Waals surface area contributed by atoms with E-state index in [4.69, 9.17) is 28.2 Å². The Morgan fingerprint density at radius 3 is 1.84 bits per heavy atom. The van der Waals surface area contributed by atoms with Gasteiger partial charge in [0.25, 0.3) is 0 Å². The predicted molar refractivity (Wildman–Crippen MR) is 131 cm³/mol. The van der Waals surface area contributed by atoms with E-state index in [1.54, 1.807) is 0 Å². The van der Waals surface area contributed by atoms with Gasteiger partial charge in [-0.3, -0.25) is 4.40 Å². The van der Waals surface area contributed by atoms with E-state index in [0.29, 0.717) is 5.02 Å². The van der Waals surface area contributed by atoms with Gasteiger partial charge in [-0.15, -0.1) is 0 Å². The van der Waals surface area contributed by atoms with Gasteiger partial charge in [-0.25, -0.2) is 4.98 Å². The molecule has 2 heterocycles. The van der Waals surface area contributed by atoms with Gasteiger partial charge in [0.2, 0.25) is 0 Å². The van der Waals surface area contributed by atoms with Crippen LogP contribution in [0.3, 0.4) is 0 Å². The molecule has 0 aliphatic rings. The van der Waals surface area contributed by atoms with Gasteiger partial charge >= 0.3 is 0 Å². The lowest BCUT2D eigenvalue weighted by atomic mass is 9.88. The highest BCUT2D eigenvalue weighted by atomic mass is 35.5. The van der Waals surface area contributed by atoms with Crippen LogP contribution in [0.4, 0.5) is 0 Å². The Kier molecular flexibility index (Phi) is 4.24. The highest BCUT2D eigenvalue weighted by Gasteiger charge is 2.21. The Morgan fingerprint density at radius 1 is 0.581 bits per heavy atom. The topological polar surface area (TPSA) is 17.3 Å². The average molecular weight is 439 g/mol. The lowest BCUT2D eigenvalue weighted by Crippen LogP contribution is -1.93. The maximum atomic E-state index is 6.23. The summed E-state index contributed by atoms with van der Waals surface area (Å²) in [5.74, 6) is 0. The summed E-state index contributed by atoms with van der Waals surface area (Å²) in [4.78, 5) is 5.01. The van der Waals surface area contributed by atoms with Crippen LogP contribution in [0.2, 0.25) is 10.0 Å². The van der Waals surface area contributed by atoms with Crippen molar-refractivity contribution < 1.29 is 0 Å². The number of hydrogen-bond donors (Lipinski definition) is 0. The van der Waals surface area contributed by atoms with Gasteiger partial charge in [-0.05, 0) is 58.5 Å². The van der Waals surface area contributed by atoms with E-state index >= 15 is 0 Å². The summed E-state index contributed by atoms with van der Waals surface area (Å²) in [6.45, 7) is 0. The molecule has 0 unspecified atom stereocenters. The van der Waals surface area contributed by atoms with Crippen molar-refractivity contribution in [1.82, 2.24) is 9.38 Å². The summed E-state index contributed by atoms with van der Waals surface area (Å²) in [6, 6.07) is 30.6. The fourth-order valence-corrected chi connectivity index (χ4v) is 4.65. The van der Waals surface area contributed by atoms with E-state index in [2.05, 4.69) is 59.1 Å². The van der Waals surface area contributed by atoms with Crippen molar-refractivity contribution in [2.75, 3.05) is 0 Å². The molecule has 6 aromatic rings. The Balaban J connectivity index is 1.90. The smallest absolute Gasteiger partial charge is 0.137 e. The first-order valence-corrected chi connectivity index (χ1v) is 10.8. The second-order valence-electron chi connectivity index (χ2n) is 7.55. The Bertz CT molecular complexity index is 1580. The van der Waals surface area contributed by atoms with Gasteiger partial charge < -0.3 is 0 Å². The quantitative estimate of drug-likeness (QED) is 0.265. The number of pyridine rings is 1. The van der Waals surface area contributed by atoms with Crippen LogP contribution >= 0.6 is 23.2 Å². The van der Waals surface area contributed by atoms with Gasteiger partial charge in [-0.1, -0.05) is 77.8 Å². The van der Waals surface area contributed by atoms with E-state index in [0.717, 1.165) is 54.7 Å². The first kappa shape index (κ1) is 18.4. The number of aromatic nitrogens is 2. The molecule has 0 bridgehead atoms. The van der Waals surface area contributed by atoms with Gasteiger partial charge in [0, 0.05) is 27.2 Å². The van der Waals surface area contributed by atoms with Gasteiger partial charge in [0.15, 0.2) is 0 Å². The fraction of sp³-hybridized carbons (Fsp3) is 0. The predicted octanol–water partition coefficient (Wildman–Crippen LogP) is 8.28. The fourth-order valence-electron chi connectivity index (χ4n) is 4.40. The second-order valence-corrected chi connectivity index (χ2v) is 8.42. The standard InChI is InChI=1S/C27H16Cl2N2/c28-19-12-8-17(9-13-19)24-21-5-1-2-6-22(21)26-27(31-16-4-3-7-23(31)30-26)25(24)18-10-14-20(29)15-11-18/h1-16H. The second kappa shape index (κ2) is 7.12. The maximum Gasteiger partial charge on any atom is 0.137 e. The van der Waals surface area contributed by atoms with E-state index in [1.165, 1.54) is 0 Å². The molecule has 0 amide bonds. The molecule has 0 aliphatic heterocycles. The summed E-state index contributed by atoms with van der Waals surface area (Å²) >= 11 is 12.4. The monoisotopic (exact) mass is 438 g/mol. The number of benzene rings is 4. The van der Waals surface area contributed by atoms with E-state index < -0.39 is 0 Å². The number of nitrogens with zero attached hydrogens (tertiary/aromatic N) is 2. The highest BCUT2D eigenvalue weighted by molar-refractivity contribution is 6.31. The van der Waals surface area contributed by atoms with Crippen LogP contribution in [0.25, 0.3) is 49.7 Å². The third kappa shape index (κ3) is 2.91. The SMILES string of the molecule is Clc1ccc(-c2c(-c3ccc(Cl)cc3)c3c(nc4ccccn43)c3ccccc23)cc1. The van der Waals surface area contributed by atoms with E-state index in [1.807, 2.05) is 42.5 Å². The molecule has 2 aromatic heterocycles. The van der Waals surface area contributed by atoms with Gasteiger partial charge in [-0.2, -0.15) is 0 Å². The number of rotatable bonds is 2. The minimum Gasteiger partial charge on any atom is -0.299 e. The zero-order valence-electron chi connectivity index (χ0n) is 16.4. The van der Waals surface area contributed by atoms with Crippen molar-refractivity contribution >= 4 is 50.7 Å². The van der Waals surface area contributed by atoms with Crippen LogP contribution < -0.4 is 0 Å². The van der Waals surface area contributed by atoms with Crippen LogP contribution in [0.5, 0.6) is 0 Å². The molecule has 0 N–H and O–H groups in total. The normalized spacial score (nSPS) is 11.5. The lowest BCUT2D eigenvalue weighted by Gasteiger charge is -2.17. The van der Waals surface area contributed by atoms with Crippen LogP contribution in [-0.4, -0.2) is 9.38 Å². The van der Waals surface area contributed by atoms with Crippen LogP contribution in [0.1, 0.15) is 0 Å². The van der Waals surface area contributed by atoms with Crippen molar-refractivity contribution in [3.63, 3.8) is 0 Å². The summed E-state index contributed by atoms with van der Waals surface area (Å²) < 4.78 is 2.17. The van der Waals surface area contributed by atoms with Crippen LogP contribution in [-0.2, 0) is 0 Å². The first-order valence-electron chi connectivity index (χ1n) is 10.0. The van der Waals surface area contributed by atoms with Crippen LogP contribution in [0.15, 0.2) is 97.2 Å². The Labute approximate surface area is 189 Å². The average Bonchev–Trinajstić information content (AvgIpc) is 3.19. The third-order valence-corrected chi connectivity index (χ3v) is 6.24. The molecule has 148 valence electrons. The third-order valence-electron chi connectivity index (χ3n) is 5.73. The number of hydrogen-bond acceptors (Lipinski definition) is 1. The molecule has 0 aliphatic carbocycles. The minimum atomic E-state index is 0.715. The zero-order valence-corrected chi connectivity index (χ0v) is 17.9. The Hall–Kier alpha value is -3.33. The molecule has 0 saturated carbocycles. The van der Waals surface area contributed by atoms with Crippen molar-refractivity contribution in [2.24, 2.45) is 0 Å². The zero-order chi connectivity index (χ0) is 20.9. The highest BCUT2D eigenvalue weighted by Crippen LogP contribution is 2.44. The summed E-state index contributed by atoms with van der Waals surface area (Å²) in [6.07, 6.45) is 2.07. The van der Waals surface area contributed by atoms with Crippen molar-refractivity contribution in [1.29, 1.82) is 0 Å². The molecule has 4 aromatic carbocycles.